The largest absolute Gasteiger partial charge is 0.370 e. The second kappa shape index (κ2) is 14.6. The van der Waals surface area contributed by atoms with Crippen molar-refractivity contribution >= 4 is 28.6 Å². The number of hydrogen-bond acceptors (Lipinski definition) is 6. The van der Waals surface area contributed by atoms with Gasteiger partial charge in [0.1, 0.15) is 5.65 Å². The molecule has 0 bridgehead atoms. The number of fused-ring (bicyclic) bond motifs is 1. The molecule has 0 saturated heterocycles. The van der Waals surface area contributed by atoms with E-state index in [0.717, 1.165) is 36.8 Å². The van der Waals surface area contributed by atoms with Crippen molar-refractivity contribution in [2.75, 3.05) is 13.1 Å². The Balaban J connectivity index is 1.50. The number of aryl methyl sites for hydroxylation is 1. The maximum atomic E-state index is 15.1. The quantitative estimate of drug-likeness (QED) is 0.0927. The van der Waals surface area contributed by atoms with Crippen LogP contribution in [0.15, 0.2) is 58.4 Å². The van der Waals surface area contributed by atoms with Crippen molar-refractivity contribution in [1.82, 2.24) is 19.9 Å². The number of hydrogen-bond donors (Lipinski definition) is 6. The molecule has 0 spiro atoms. The van der Waals surface area contributed by atoms with Gasteiger partial charge in [0.25, 0.3) is 0 Å². The van der Waals surface area contributed by atoms with Crippen LogP contribution in [0, 0.1) is 5.82 Å². The van der Waals surface area contributed by atoms with Crippen molar-refractivity contribution in [3.05, 3.63) is 81.1 Å². The summed E-state index contributed by atoms with van der Waals surface area (Å²) in [5, 5.41) is 4.19. The molecule has 0 unspecified atom stereocenters. The van der Waals surface area contributed by atoms with E-state index >= 15 is 4.39 Å². The predicted molar refractivity (Wildman–Crippen MR) is 173 cm³/mol. The predicted octanol–water partition coefficient (Wildman–Crippen LogP) is 3.87. The molecular formula is C31H41ClFN9O. The summed E-state index contributed by atoms with van der Waals surface area (Å²) >= 11 is 6.24. The van der Waals surface area contributed by atoms with E-state index in [1.165, 1.54) is 4.57 Å². The maximum absolute atomic E-state index is 15.1. The Morgan fingerprint density at radius 1 is 1.14 bits per heavy atom. The first-order valence-corrected chi connectivity index (χ1v) is 14.9. The lowest BCUT2D eigenvalue weighted by Crippen LogP contribution is -2.29. The molecule has 4 aromatic rings. The standard InChI is InChI=1S/C31H41ClFN9O/c1-18(35)4-3-5-20-14-25(28(33)26(32)15-20)27-16-22-17-42(31(43)41-29(22)40-27)24-8-6-21(7-9-24)19(2)38-13-11-23(10-12-34)39-30(36)37/h6-9,14-19,23,38H,3-5,10-13,34-35H2,1-2H3,(H4,36,37,39)(H,40,41,43)/t18-,19-,23-/m0/s1. The van der Waals surface area contributed by atoms with Crippen LogP contribution in [0.5, 0.6) is 0 Å². The third kappa shape index (κ3) is 8.41. The van der Waals surface area contributed by atoms with Crippen molar-refractivity contribution in [2.24, 2.45) is 27.9 Å². The second-order valence-electron chi connectivity index (χ2n) is 11.0. The van der Waals surface area contributed by atoms with E-state index in [4.69, 9.17) is 34.5 Å². The third-order valence-electron chi connectivity index (χ3n) is 7.44. The molecule has 0 saturated carbocycles. The van der Waals surface area contributed by atoms with Crippen LogP contribution in [0.25, 0.3) is 28.0 Å². The molecule has 0 fully saturated rings. The summed E-state index contributed by atoms with van der Waals surface area (Å²) in [6.07, 6.45) is 5.63. The first-order chi connectivity index (χ1) is 20.5. The molecule has 230 valence electrons. The Hall–Kier alpha value is -3.77. The van der Waals surface area contributed by atoms with Crippen LogP contribution in [0.2, 0.25) is 5.02 Å². The SMILES string of the molecule is C[C@H](N)CCCc1cc(Cl)c(F)c(-c2cc3cn(-c4ccc([C@H](C)NCC[C@H](CCN)N=C(N)N)cc4)c(=O)nc3[nH]2)c1. The zero-order chi connectivity index (χ0) is 31.1. The fourth-order valence-electron chi connectivity index (χ4n) is 5.12. The maximum Gasteiger partial charge on any atom is 0.354 e. The number of aromatic nitrogens is 3. The summed E-state index contributed by atoms with van der Waals surface area (Å²) in [5.74, 6) is -0.459. The van der Waals surface area contributed by atoms with E-state index in [-0.39, 0.29) is 29.1 Å². The van der Waals surface area contributed by atoms with Gasteiger partial charge in [-0.1, -0.05) is 23.7 Å². The highest BCUT2D eigenvalue weighted by atomic mass is 35.5. The monoisotopic (exact) mass is 609 g/mol. The first-order valence-electron chi connectivity index (χ1n) is 14.5. The second-order valence-corrected chi connectivity index (χ2v) is 11.4. The Bertz CT molecular complexity index is 1610. The van der Waals surface area contributed by atoms with Gasteiger partial charge < -0.3 is 33.2 Å². The highest BCUT2D eigenvalue weighted by Crippen LogP contribution is 2.31. The van der Waals surface area contributed by atoms with E-state index in [0.29, 0.717) is 47.5 Å². The van der Waals surface area contributed by atoms with E-state index in [1.807, 2.05) is 31.2 Å². The number of nitrogens with zero attached hydrogens (tertiary/aromatic N) is 3. The Kier molecular flexibility index (Phi) is 10.9. The third-order valence-corrected chi connectivity index (χ3v) is 7.72. The molecule has 0 amide bonds. The van der Waals surface area contributed by atoms with Gasteiger partial charge in [-0.25, -0.2) is 9.18 Å². The fourth-order valence-corrected chi connectivity index (χ4v) is 5.36. The van der Waals surface area contributed by atoms with Crippen molar-refractivity contribution in [1.29, 1.82) is 0 Å². The van der Waals surface area contributed by atoms with Gasteiger partial charge in [-0.05, 0) is 100 Å². The summed E-state index contributed by atoms with van der Waals surface area (Å²) in [7, 11) is 0. The summed E-state index contributed by atoms with van der Waals surface area (Å²) < 4.78 is 16.6. The van der Waals surface area contributed by atoms with Crippen LogP contribution < -0.4 is 33.9 Å². The van der Waals surface area contributed by atoms with Crippen LogP contribution >= 0.6 is 11.6 Å². The van der Waals surface area contributed by atoms with Gasteiger partial charge >= 0.3 is 5.69 Å². The average Bonchev–Trinajstić information content (AvgIpc) is 3.36. The number of nitrogens with two attached hydrogens (primary N) is 4. The number of rotatable bonds is 14. The lowest BCUT2D eigenvalue weighted by atomic mass is 10.0. The zero-order valence-corrected chi connectivity index (χ0v) is 25.4. The van der Waals surface area contributed by atoms with Gasteiger partial charge in [-0.15, -0.1) is 0 Å². The number of H-pyrrole nitrogens is 1. The number of aliphatic imine (C=N–C) groups is 1. The normalized spacial score (nSPS) is 13.6. The molecule has 43 heavy (non-hydrogen) atoms. The van der Waals surface area contributed by atoms with Gasteiger partial charge in [0, 0.05) is 29.2 Å². The molecular weight excluding hydrogens is 569 g/mol. The molecule has 10 N–H and O–H groups in total. The minimum atomic E-state index is -0.524. The molecule has 4 rings (SSSR count). The Morgan fingerprint density at radius 2 is 1.88 bits per heavy atom. The molecule has 0 radical (unpaired) electrons. The van der Waals surface area contributed by atoms with Crippen LogP contribution in [0.4, 0.5) is 4.39 Å². The number of guanidine groups is 1. The summed E-state index contributed by atoms with van der Waals surface area (Å²) in [6.45, 7) is 5.24. The molecule has 10 nitrogen and oxygen atoms in total. The Labute approximate surface area is 255 Å². The number of nitrogens with one attached hydrogen (secondary N) is 2. The van der Waals surface area contributed by atoms with E-state index in [9.17, 15) is 4.79 Å². The molecule has 12 heteroatoms. The summed E-state index contributed by atoms with van der Waals surface area (Å²) in [6, 6.07) is 13.0. The number of benzene rings is 2. The van der Waals surface area contributed by atoms with Crippen molar-refractivity contribution in [3.8, 4) is 16.9 Å². The fraction of sp³-hybridized carbons (Fsp3) is 0.387. The molecule has 0 aliphatic heterocycles. The van der Waals surface area contributed by atoms with Crippen molar-refractivity contribution in [2.45, 2.75) is 64.1 Å². The minimum Gasteiger partial charge on any atom is -0.370 e. The Morgan fingerprint density at radius 3 is 2.56 bits per heavy atom. The minimum absolute atomic E-state index is 0.0250. The highest BCUT2D eigenvalue weighted by molar-refractivity contribution is 6.31. The van der Waals surface area contributed by atoms with Gasteiger partial charge in [-0.2, -0.15) is 4.98 Å². The van der Waals surface area contributed by atoms with Crippen LogP contribution in [0.1, 0.15) is 56.7 Å². The van der Waals surface area contributed by atoms with Crippen molar-refractivity contribution in [3.63, 3.8) is 0 Å². The van der Waals surface area contributed by atoms with E-state index < -0.39 is 11.5 Å². The molecule has 2 aromatic heterocycles. The lowest BCUT2D eigenvalue weighted by Gasteiger charge is -2.17. The van der Waals surface area contributed by atoms with E-state index in [2.05, 4.69) is 27.2 Å². The van der Waals surface area contributed by atoms with Gasteiger partial charge in [0.15, 0.2) is 11.8 Å². The number of halogens is 2. The summed E-state index contributed by atoms with van der Waals surface area (Å²) in [5.41, 5.74) is 26.0. The molecule has 2 aromatic carbocycles. The van der Waals surface area contributed by atoms with Crippen LogP contribution in [0.3, 0.4) is 0 Å². The molecule has 0 aliphatic carbocycles. The average molecular weight is 610 g/mol. The molecule has 2 heterocycles. The lowest BCUT2D eigenvalue weighted by molar-refractivity contribution is 0.501. The van der Waals surface area contributed by atoms with E-state index in [1.54, 1.807) is 24.4 Å². The summed E-state index contributed by atoms with van der Waals surface area (Å²) in [4.78, 5) is 24.5. The van der Waals surface area contributed by atoms with Crippen molar-refractivity contribution < 1.29 is 4.39 Å². The van der Waals surface area contributed by atoms with Gasteiger partial charge in [-0.3, -0.25) is 9.56 Å². The zero-order valence-electron chi connectivity index (χ0n) is 24.6. The smallest absolute Gasteiger partial charge is 0.354 e. The highest BCUT2D eigenvalue weighted by Gasteiger charge is 2.16. The topological polar surface area (TPSA) is 179 Å². The molecule has 0 aliphatic rings. The molecule has 3 atom stereocenters. The first kappa shape index (κ1) is 32.2. The van der Waals surface area contributed by atoms with Gasteiger partial charge in [0.05, 0.1) is 22.4 Å². The van der Waals surface area contributed by atoms with Crippen LogP contribution in [-0.4, -0.2) is 45.7 Å². The van der Waals surface area contributed by atoms with Crippen LogP contribution in [-0.2, 0) is 6.42 Å². The van der Waals surface area contributed by atoms with Gasteiger partial charge in [0.2, 0.25) is 0 Å². The number of aromatic amines is 1.